The summed E-state index contributed by atoms with van der Waals surface area (Å²) in [5.74, 6) is 3.03. The molecule has 0 radical (unpaired) electrons. The fourth-order valence-corrected chi connectivity index (χ4v) is 9.23. The Morgan fingerprint density at radius 1 is 1.09 bits per heavy atom. The highest BCUT2D eigenvalue weighted by Crippen LogP contribution is 2.64. The lowest BCUT2D eigenvalue weighted by Crippen LogP contribution is -2.55. The number of rotatable bonds is 4. The number of hydrogen-bond donors (Lipinski definition) is 1. The topological polar surface area (TPSA) is 88.3 Å². The van der Waals surface area contributed by atoms with Gasteiger partial charge in [-0.2, -0.15) is 5.10 Å². The standard InChI is InChI=1S/C24H32N4O3S/c1-15(2)28-22(10-21(26-28)16-7-18(29)12-25-11-16)23-19-8-17(9-20(19)23)27-5-3-24(4-6-27)13-32(30,31)14-24/h7,10-12,15,17,19-20,23,29H,3-6,8-9,13-14H2,1-2H3/t17?,19-,20+,23?. The first kappa shape index (κ1) is 20.7. The highest BCUT2D eigenvalue weighted by atomic mass is 32.2. The molecule has 4 aliphatic rings. The van der Waals surface area contributed by atoms with Crippen LogP contribution in [0.4, 0.5) is 0 Å². The van der Waals surface area contributed by atoms with Gasteiger partial charge in [0, 0.05) is 40.9 Å². The van der Waals surface area contributed by atoms with E-state index in [2.05, 4.69) is 34.5 Å². The van der Waals surface area contributed by atoms with Crippen molar-refractivity contribution < 1.29 is 13.5 Å². The normalized spacial score (nSPS) is 32.7. The van der Waals surface area contributed by atoms with Crippen molar-refractivity contribution in [2.24, 2.45) is 17.3 Å². The molecule has 32 heavy (non-hydrogen) atoms. The largest absolute Gasteiger partial charge is 0.506 e. The first-order chi connectivity index (χ1) is 15.2. The van der Waals surface area contributed by atoms with Gasteiger partial charge in [0.2, 0.25) is 0 Å². The Labute approximate surface area is 189 Å². The molecule has 2 saturated carbocycles. The average Bonchev–Trinajstić information content (AvgIpc) is 3.07. The first-order valence-electron chi connectivity index (χ1n) is 11.9. The van der Waals surface area contributed by atoms with Crippen molar-refractivity contribution in [2.45, 2.75) is 57.5 Å². The van der Waals surface area contributed by atoms with Crippen LogP contribution in [0.15, 0.2) is 24.5 Å². The Kier molecular flexibility index (Phi) is 4.54. The van der Waals surface area contributed by atoms with Crippen LogP contribution in [-0.2, 0) is 9.84 Å². The fraction of sp³-hybridized carbons (Fsp3) is 0.667. The smallest absolute Gasteiger partial charge is 0.151 e. The Balaban J connectivity index is 1.13. The van der Waals surface area contributed by atoms with Gasteiger partial charge in [-0.1, -0.05) is 0 Å². The number of pyridine rings is 1. The summed E-state index contributed by atoms with van der Waals surface area (Å²) in [6.45, 7) is 6.46. The molecule has 2 aromatic rings. The minimum Gasteiger partial charge on any atom is -0.506 e. The van der Waals surface area contributed by atoms with E-state index in [4.69, 9.17) is 5.10 Å². The maximum atomic E-state index is 11.7. The van der Waals surface area contributed by atoms with Crippen molar-refractivity contribution in [3.8, 4) is 17.0 Å². The molecule has 2 aliphatic heterocycles. The Hall–Kier alpha value is -1.93. The third-order valence-corrected chi connectivity index (χ3v) is 10.6. The minimum absolute atomic E-state index is 0.0975. The number of likely N-dealkylation sites (tertiary alicyclic amines) is 1. The maximum Gasteiger partial charge on any atom is 0.151 e. The van der Waals surface area contributed by atoms with Crippen molar-refractivity contribution >= 4 is 9.84 Å². The molecule has 1 spiro atoms. The second-order valence-corrected chi connectivity index (χ2v) is 13.0. The van der Waals surface area contributed by atoms with Gasteiger partial charge in [0.25, 0.3) is 0 Å². The molecule has 1 N–H and O–H groups in total. The number of nitrogens with zero attached hydrogens (tertiary/aromatic N) is 4. The van der Waals surface area contributed by atoms with Gasteiger partial charge in [-0.15, -0.1) is 0 Å². The van der Waals surface area contributed by atoms with Crippen LogP contribution >= 0.6 is 0 Å². The molecule has 4 fully saturated rings. The molecule has 7 nitrogen and oxygen atoms in total. The summed E-state index contributed by atoms with van der Waals surface area (Å²) >= 11 is 0. The van der Waals surface area contributed by atoms with Crippen molar-refractivity contribution in [1.82, 2.24) is 19.7 Å². The van der Waals surface area contributed by atoms with Crippen LogP contribution in [0.5, 0.6) is 5.75 Å². The second-order valence-electron chi connectivity index (χ2n) is 11.0. The molecule has 4 heterocycles. The molecular formula is C24H32N4O3S. The highest BCUT2D eigenvalue weighted by molar-refractivity contribution is 7.92. The van der Waals surface area contributed by atoms with Gasteiger partial charge in [-0.25, -0.2) is 8.42 Å². The SMILES string of the molecule is CC(C)n1nc(-c2cncc(O)c2)cc1C1[C@H]2CC(N3CCC4(CC3)CS(=O)(=O)C4)C[C@@H]12. The van der Waals surface area contributed by atoms with Gasteiger partial charge >= 0.3 is 0 Å². The molecule has 0 aromatic carbocycles. The van der Waals surface area contributed by atoms with E-state index < -0.39 is 9.84 Å². The zero-order chi connectivity index (χ0) is 22.3. The highest BCUT2D eigenvalue weighted by Gasteiger charge is 2.59. The second kappa shape index (κ2) is 7.03. The van der Waals surface area contributed by atoms with Crippen LogP contribution in [0.1, 0.15) is 57.2 Å². The van der Waals surface area contributed by atoms with Crippen molar-refractivity contribution in [1.29, 1.82) is 0 Å². The molecule has 8 heteroatoms. The number of hydrogen-bond acceptors (Lipinski definition) is 6. The molecule has 2 aliphatic carbocycles. The minimum atomic E-state index is -2.74. The molecular weight excluding hydrogens is 424 g/mol. The predicted octanol–water partition coefficient (Wildman–Crippen LogP) is 3.23. The fourth-order valence-electron chi connectivity index (χ4n) is 6.87. The molecule has 4 atom stereocenters. The summed E-state index contributed by atoms with van der Waals surface area (Å²) in [6, 6.07) is 4.87. The van der Waals surface area contributed by atoms with Gasteiger partial charge in [-0.3, -0.25) is 9.67 Å². The molecule has 0 bridgehead atoms. The summed E-state index contributed by atoms with van der Waals surface area (Å²) < 4.78 is 25.5. The Morgan fingerprint density at radius 2 is 1.78 bits per heavy atom. The van der Waals surface area contributed by atoms with Crippen LogP contribution in [0.2, 0.25) is 0 Å². The molecule has 2 saturated heterocycles. The Bertz CT molecular complexity index is 1120. The molecule has 0 amide bonds. The quantitative estimate of drug-likeness (QED) is 0.760. The van der Waals surface area contributed by atoms with Crippen LogP contribution in [0, 0.1) is 17.3 Å². The number of aromatic hydroxyl groups is 1. The van der Waals surface area contributed by atoms with Gasteiger partial charge in [0.1, 0.15) is 5.75 Å². The summed E-state index contributed by atoms with van der Waals surface area (Å²) in [5, 5.41) is 14.7. The Morgan fingerprint density at radius 3 is 2.38 bits per heavy atom. The predicted molar refractivity (Wildman–Crippen MR) is 122 cm³/mol. The molecule has 6 rings (SSSR count). The molecule has 2 aromatic heterocycles. The lowest BCUT2D eigenvalue weighted by Gasteiger charge is -2.48. The van der Waals surface area contributed by atoms with Crippen LogP contribution in [0.3, 0.4) is 0 Å². The van der Waals surface area contributed by atoms with E-state index in [1.807, 2.05) is 0 Å². The van der Waals surface area contributed by atoms with Crippen molar-refractivity contribution in [2.75, 3.05) is 24.6 Å². The van der Waals surface area contributed by atoms with E-state index in [-0.39, 0.29) is 17.2 Å². The molecule has 2 unspecified atom stereocenters. The van der Waals surface area contributed by atoms with E-state index in [0.29, 0.717) is 23.5 Å². The van der Waals surface area contributed by atoms with E-state index in [1.54, 1.807) is 12.3 Å². The van der Waals surface area contributed by atoms with Crippen LogP contribution < -0.4 is 0 Å². The van der Waals surface area contributed by atoms with E-state index >= 15 is 0 Å². The third-order valence-electron chi connectivity index (χ3n) is 8.46. The number of aromatic nitrogens is 3. The number of sulfone groups is 1. The summed E-state index contributed by atoms with van der Waals surface area (Å²) in [4.78, 5) is 6.76. The van der Waals surface area contributed by atoms with Crippen LogP contribution in [-0.4, -0.2) is 63.8 Å². The lowest BCUT2D eigenvalue weighted by atomic mass is 9.80. The van der Waals surface area contributed by atoms with Crippen LogP contribution in [0.25, 0.3) is 11.3 Å². The van der Waals surface area contributed by atoms with E-state index in [1.165, 1.54) is 24.7 Å². The average molecular weight is 457 g/mol. The summed E-state index contributed by atoms with van der Waals surface area (Å²) in [5.41, 5.74) is 3.16. The molecule has 172 valence electrons. The monoisotopic (exact) mass is 456 g/mol. The first-order valence-corrected chi connectivity index (χ1v) is 13.7. The maximum absolute atomic E-state index is 11.7. The number of fused-ring (bicyclic) bond motifs is 1. The van der Waals surface area contributed by atoms with Gasteiger partial charge in [0.15, 0.2) is 9.84 Å². The van der Waals surface area contributed by atoms with Crippen molar-refractivity contribution in [3.63, 3.8) is 0 Å². The third kappa shape index (κ3) is 3.37. The summed E-state index contributed by atoms with van der Waals surface area (Å²) in [7, 11) is -2.74. The zero-order valence-electron chi connectivity index (χ0n) is 18.8. The van der Waals surface area contributed by atoms with Gasteiger partial charge in [-0.05, 0) is 76.6 Å². The van der Waals surface area contributed by atoms with E-state index in [0.717, 1.165) is 49.0 Å². The van der Waals surface area contributed by atoms with E-state index in [9.17, 15) is 13.5 Å². The lowest BCUT2D eigenvalue weighted by molar-refractivity contribution is 0.0852. The van der Waals surface area contributed by atoms with Crippen molar-refractivity contribution in [3.05, 3.63) is 30.2 Å². The number of piperidine rings is 1. The summed E-state index contributed by atoms with van der Waals surface area (Å²) in [6.07, 6.45) is 7.78. The van der Waals surface area contributed by atoms with Gasteiger partial charge < -0.3 is 10.0 Å². The zero-order valence-corrected chi connectivity index (χ0v) is 19.6. The van der Waals surface area contributed by atoms with Gasteiger partial charge in [0.05, 0.1) is 23.4 Å².